The molecule has 0 aliphatic heterocycles. The summed E-state index contributed by atoms with van der Waals surface area (Å²) in [5.74, 6) is 0.824. The van der Waals surface area contributed by atoms with E-state index in [-0.39, 0.29) is 0 Å². The quantitative estimate of drug-likeness (QED) is 0.392. The highest BCUT2D eigenvalue weighted by Gasteiger charge is 2.18. The lowest BCUT2D eigenvalue weighted by molar-refractivity contribution is 1.10. The molecule has 5 aromatic rings. The molecule has 0 aliphatic rings. The Balaban J connectivity index is 0.000000872. The fraction of sp³-hybridized carbons (Fsp3) is 0.130. The van der Waals surface area contributed by atoms with E-state index in [2.05, 4.69) is 33.2 Å². The van der Waals surface area contributed by atoms with Gasteiger partial charge < -0.3 is 0 Å². The number of para-hydroxylation sites is 4. The molecule has 0 radical (unpaired) electrons. The van der Waals surface area contributed by atoms with E-state index in [1.807, 2.05) is 69.3 Å². The van der Waals surface area contributed by atoms with Crippen molar-refractivity contribution in [1.29, 1.82) is 5.26 Å². The number of imidazole rings is 2. The number of benzene rings is 3. The standard InChI is InChI=1S/C21H14N4.C2H6/c1-14-7-6-12-17(15(14)13-22)24-19-10-4-5-11-20(19)25-18-9-3-2-8-16(18)23-21(24)25;1-2/h2-12H,1H3;1-2H3. The average Bonchev–Trinajstić information content (AvgIpc) is 3.24. The summed E-state index contributed by atoms with van der Waals surface area (Å²) >= 11 is 0. The summed E-state index contributed by atoms with van der Waals surface area (Å²) in [7, 11) is 0. The molecule has 0 aliphatic carbocycles. The molecule has 0 atom stereocenters. The third-order valence-electron chi connectivity index (χ3n) is 4.71. The first-order chi connectivity index (χ1) is 13.3. The molecule has 4 nitrogen and oxygen atoms in total. The van der Waals surface area contributed by atoms with Crippen molar-refractivity contribution in [3.8, 4) is 11.8 Å². The minimum Gasteiger partial charge on any atom is -0.277 e. The highest BCUT2D eigenvalue weighted by atomic mass is 15.2. The maximum Gasteiger partial charge on any atom is 0.220 e. The van der Waals surface area contributed by atoms with Gasteiger partial charge in [-0.2, -0.15) is 5.26 Å². The minimum atomic E-state index is 0.679. The summed E-state index contributed by atoms with van der Waals surface area (Å²) in [6, 6.07) is 24.6. The minimum absolute atomic E-state index is 0.679. The zero-order chi connectivity index (χ0) is 19.0. The number of fused-ring (bicyclic) bond motifs is 5. The van der Waals surface area contributed by atoms with E-state index in [1.54, 1.807) is 0 Å². The Morgan fingerprint density at radius 1 is 0.815 bits per heavy atom. The molecule has 132 valence electrons. The Hall–Kier alpha value is -3.58. The second-order valence-electron chi connectivity index (χ2n) is 6.14. The van der Waals surface area contributed by atoms with E-state index in [1.165, 1.54) is 0 Å². The van der Waals surface area contributed by atoms with E-state index in [4.69, 9.17) is 4.98 Å². The van der Waals surface area contributed by atoms with Crippen LogP contribution in [0.5, 0.6) is 0 Å². The Morgan fingerprint density at radius 2 is 1.48 bits per heavy atom. The van der Waals surface area contributed by atoms with Crippen LogP contribution in [-0.2, 0) is 0 Å². The zero-order valence-corrected chi connectivity index (χ0v) is 15.6. The van der Waals surface area contributed by atoms with E-state index >= 15 is 0 Å². The monoisotopic (exact) mass is 352 g/mol. The van der Waals surface area contributed by atoms with E-state index < -0.39 is 0 Å². The second-order valence-corrected chi connectivity index (χ2v) is 6.14. The first kappa shape index (κ1) is 16.9. The molecule has 0 bridgehead atoms. The van der Waals surface area contributed by atoms with Crippen molar-refractivity contribution in [2.24, 2.45) is 0 Å². The first-order valence-corrected chi connectivity index (χ1v) is 9.16. The van der Waals surface area contributed by atoms with Gasteiger partial charge in [0.15, 0.2) is 0 Å². The van der Waals surface area contributed by atoms with Crippen LogP contribution in [0.1, 0.15) is 25.0 Å². The number of nitrogens with zero attached hydrogens (tertiary/aromatic N) is 4. The second kappa shape index (κ2) is 6.62. The van der Waals surface area contributed by atoms with Crippen LogP contribution in [0.4, 0.5) is 0 Å². The van der Waals surface area contributed by atoms with Crippen LogP contribution in [-0.4, -0.2) is 14.0 Å². The van der Waals surface area contributed by atoms with Crippen LogP contribution in [0.15, 0.2) is 66.7 Å². The van der Waals surface area contributed by atoms with Crippen molar-refractivity contribution < 1.29 is 0 Å². The summed E-state index contributed by atoms with van der Waals surface area (Å²) in [6.07, 6.45) is 0. The molecule has 0 unspecified atom stereocenters. The molecule has 0 spiro atoms. The Kier molecular flexibility index (Phi) is 4.13. The Morgan fingerprint density at radius 3 is 2.22 bits per heavy atom. The summed E-state index contributed by atoms with van der Waals surface area (Å²) in [4.78, 5) is 4.85. The molecule has 5 rings (SSSR count). The number of rotatable bonds is 1. The molecule has 0 amide bonds. The van der Waals surface area contributed by atoms with Gasteiger partial charge >= 0.3 is 0 Å². The van der Waals surface area contributed by atoms with Gasteiger partial charge in [-0.25, -0.2) is 4.98 Å². The van der Waals surface area contributed by atoms with Crippen LogP contribution in [0.25, 0.3) is 33.5 Å². The van der Waals surface area contributed by atoms with Crippen molar-refractivity contribution in [3.63, 3.8) is 0 Å². The molecule has 3 aromatic carbocycles. The molecular weight excluding hydrogens is 332 g/mol. The fourth-order valence-corrected chi connectivity index (χ4v) is 3.57. The average molecular weight is 352 g/mol. The van der Waals surface area contributed by atoms with Crippen LogP contribution in [0.3, 0.4) is 0 Å². The van der Waals surface area contributed by atoms with Gasteiger partial charge in [-0.05, 0) is 42.8 Å². The van der Waals surface area contributed by atoms with Crippen molar-refractivity contribution in [3.05, 3.63) is 77.9 Å². The first-order valence-electron chi connectivity index (χ1n) is 9.16. The third kappa shape index (κ3) is 2.40. The van der Waals surface area contributed by atoms with Gasteiger partial charge in [-0.1, -0.05) is 50.2 Å². The van der Waals surface area contributed by atoms with Crippen LogP contribution in [0.2, 0.25) is 0 Å². The largest absolute Gasteiger partial charge is 0.277 e. The van der Waals surface area contributed by atoms with Gasteiger partial charge in [0.2, 0.25) is 5.78 Å². The summed E-state index contributed by atoms with van der Waals surface area (Å²) in [5, 5.41) is 9.69. The lowest BCUT2D eigenvalue weighted by Crippen LogP contribution is -2.00. The van der Waals surface area contributed by atoms with Gasteiger partial charge in [0.25, 0.3) is 0 Å². The molecule has 0 N–H and O–H groups in total. The predicted octanol–water partition coefficient (Wildman–Crippen LogP) is 5.64. The van der Waals surface area contributed by atoms with E-state index in [0.29, 0.717) is 5.56 Å². The lowest BCUT2D eigenvalue weighted by atomic mass is 10.1. The lowest BCUT2D eigenvalue weighted by Gasteiger charge is -2.09. The molecule has 0 saturated carbocycles. The molecule has 4 heteroatoms. The molecule has 0 fully saturated rings. The molecule has 2 heterocycles. The maximum absolute atomic E-state index is 9.69. The molecule has 2 aromatic heterocycles. The van der Waals surface area contributed by atoms with Crippen LogP contribution in [0, 0.1) is 18.3 Å². The van der Waals surface area contributed by atoms with Crippen molar-refractivity contribution in [2.45, 2.75) is 20.8 Å². The van der Waals surface area contributed by atoms with Crippen molar-refractivity contribution in [2.75, 3.05) is 0 Å². The highest BCUT2D eigenvalue weighted by molar-refractivity contribution is 5.92. The van der Waals surface area contributed by atoms with Crippen molar-refractivity contribution >= 4 is 27.8 Å². The number of aromatic nitrogens is 3. The number of hydrogen-bond acceptors (Lipinski definition) is 2. The van der Waals surface area contributed by atoms with Gasteiger partial charge in [0.1, 0.15) is 6.07 Å². The topological polar surface area (TPSA) is 46.0 Å². The summed E-state index contributed by atoms with van der Waals surface area (Å²) < 4.78 is 4.25. The summed E-state index contributed by atoms with van der Waals surface area (Å²) in [5.41, 5.74) is 6.64. The number of nitriles is 1. The number of aryl methyl sites for hydroxylation is 1. The fourth-order valence-electron chi connectivity index (χ4n) is 3.57. The molecule has 0 saturated heterocycles. The highest BCUT2D eigenvalue weighted by Crippen LogP contribution is 2.30. The van der Waals surface area contributed by atoms with E-state index in [9.17, 15) is 5.26 Å². The van der Waals surface area contributed by atoms with Crippen LogP contribution < -0.4 is 0 Å². The van der Waals surface area contributed by atoms with Gasteiger partial charge in [0.05, 0.1) is 33.3 Å². The Labute approximate surface area is 157 Å². The number of hydrogen-bond donors (Lipinski definition) is 0. The SMILES string of the molecule is CC.Cc1cccc(-n2c3ccccc3n3c4ccccc4nc23)c1C#N. The predicted molar refractivity (Wildman–Crippen MR) is 110 cm³/mol. The third-order valence-corrected chi connectivity index (χ3v) is 4.71. The molecular formula is C23H20N4. The smallest absolute Gasteiger partial charge is 0.220 e. The van der Waals surface area contributed by atoms with Gasteiger partial charge in [-0.15, -0.1) is 0 Å². The zero-order valence-electron chi connectivity index (χ0n) is 15.6. The van der Waals surface area contributed by atoms with E-state index in [0.717, 1.165) is 39.1 Å². The normalized spacial score (nSPS) is 10.7. The maximum atomic E-state index is 9.69. The van der Waals surface area contributed by atoms with Crippen molar-refractivity contribution in [1.82, 2.24) is 14.0 Å². The Bertz CT molecular complexity index is 1320. The van der Waals surface area contributed by atoms with Crippen LogP contribution >= 0.6 is 0 Å². The van der Waals surface area contributed by atoms with Gasteiger partial charge in [-0.3, -0.25) is 8.97 Å². The summed E-state index contributed by atoms with van der Waals surface area (Å²) in [6.45, 7) is 5.97. The van der Waals surface area contributed by atoms with Gasteiger partial charge in [0, 0.05) is 0 Å². The molecule has 27 heavy (non-hydrogen) atoms.